The Balaban J connectivity index is 4.21. The summed E-state index contributed by atoms with van der Waals surface area (Å²) < 4.78 is 6.45. The number of ether oxygens (including phenoxy) is 1. The molecule has 0 aromatic heterocycles. The number of hydrogen-bond acceptors (Lipinski definition) is 1. The van der Waals surface area contributed by atoms with Gasteiger partial charge in [0.2, 0.25) is 0 Å². The molecule has 0 radical (unpaired) electrons. The molecular weight excluding hydrogens is 256 g/mol. The van der Waals surface area contributed by atoms with E-state index in [1.807, 2.05) is 0 Å². The second-order valence-corrected chi connectivity index (χ2v) is 10.4. The fraction of sp³-hybridized carbons (Fsp3) is 1.00. The van der Waals surface area contributed by atoms with E-state index < -0.39 is 0 Å². The second kappa shape index (κ2) is 7.49. The van der Waals surface area contributed by atoms with Gasteiger partial charge < -0.3 is 4.74 Å². The Hall–Kier alpha value is -0.0400. The number of rotatable bonds is 8. The van der Waals surface area contributed by atoms with E-state index >= 15 is 0 Å². The topological polar surface area (TPSA) is 9.23 Å². The molecule has 0 bridgehead atoms. The minimum absolute atomic E-state index is 0.0174. The molecular formula is C20H42O. The first-order chi connectivity index (χ1) is 9.12. The smallest absolute Gasteiger partial charge is 0.0633 e. The second-order valence-electron chi connectivity index (χ2n) is 10.4. The molecule has 0 aliphatic rings. The highest BCUT2D eigenvalue weighted by Crippen LogP contribution is 2.32. The third-order valence-corrected chi connectivity index (χ3v) is 3.96. The third kappa shape index (κ3) is 13.4. The van der Waals surface area contributed by atoms with Crippen LogP contribution in [0.4, 0.5) is 0 Å². The van der Waals surface area contributed by atoms with Crippen LogP contribution in [0.2, 0.25) is 0 Å². The van der Waals surface area contributed by atoms with Crippen molar-refractivity contribution in [3.05, 3.63) is 0 Å². The molecule has 0 heterocycles. The lowest BCUT2D eigenvalue weighted by Gasteiger charge is -2.37. The van der Waals surface area contributed by atoms with Crippen molar-refractivity contribution in [3.8, 4) is 0 Å². The van der Waals surface area contributed by atoms with Crippen LogP contribution in [0.1, 0.15) is 108 Å². The summed E-state index contributed by atoms with van der Waals surface area (Å²) in [5.74, 6) is 0. The summed E-state index contributed by atoms with van der Waals surface area (Å²) in [5, 5.41) is 0. The van der Waals surface area contributed by atoms with Gasteiger partial charge >= 0.3 is 0 Å². The fourth-order valence-electron chi connectivity index (χ4n) is 2.94. The minimum atomic E-state index is -0.0174. The Morgan fingerprint density at radius 2 is 0.762 bits per heavy atom. The first-order valence-corrected chi connectivity index (χ1v) is 8.82. The van der Waals surface area contributed by atoms with Crippen LogP contribution in [0.15, 0.2) is 0 Å². The SMILES string of the molecule is CC(C)(C)CCCC(C)(C)OC(C)(C)CCCC(C)(C)C. The first kappa shape index (κ1) is 21.0. The van der Waals surface area contributed by atoms with Gasteiger partial charge in [-0.3, -0.25) is 0 Å². The van der Waals surface area contributed by atoms with Crippen molar-refractivity contribution in [2.45, 2.75) is 119 Å². The molecule has 0 aromatic carbocycles. The Morgan fingerprint density at radius 3 is 1.00 bits per heavy atom. The molecule has 0 N–H and O–H groups in total. The van der Waals surface area contributed by atoms with Crippen molar-refractivity contribution in [2.75, 3.05) is 0 Å². The summed E-state index contributed by atoms with van der Waals surface area (Å²) in [4.78, 5) is 0. The Labute approximate surface area is 135 Å². The first-order valence-electron chi connectivity index (χ1n) is 8.82. The lowest BCUT2D eigenvalue weighted by molar-refractivity contribution is -0.131. The van der Waals surface area contributed by atoms with Gasteiger partial charge in [0.15, 0.2) is 0 Å². The average molecular weight is 299 g/mol. The van der Waals surface area contributed by atoms with E-state index in [-0.39, 0.29) is 11.2 Å². The van der Waals surface area contributed by atoms with E-state index in [0.29, 0.717) is 10.8 Å². The molecule has 0 atom stereocenters. The monoisotopic (exact) mass is 298 g/mol. The maximum absolute atomic E-state index is 6.45. The van der Waals surface area contributed by atoms with E-state index in [1.54, 1.807) is 0 Å². The number of hydrogen-bond donors (Lipinski definition) is 0. The molecule has 0 aromatic rings. The van der Waals surface area contributed by atoms with Crippen LogP contribution in [0.5, 0.6) is 0 Å². The van der Waals surface area contributed by atoms with Crippen molar-refractivity contribution in [2.24, 2.45) is 10.8 Å². The van der Waals surface area contributed by atoms with Crippen LogP contribution in [-0.2, 0) is 4.74 Å². The van der Waals surface area contributed by atoms with E-state index in [1.165, 1.54) is 25.7 Å². The molecule has 0 rings (SSSR count). The quantitative estimate of drug-likeness (QED) is 0.469. The van der Waals surface area contributed by atoms with Crippen molar-refractivity contribution in [1.29, 1.82) is 0 Å². The highest BCUT2D eigenvalue weighted by molar-refractivity contribution is 4.79. The Morgan fingerprint density at radius 1 is 0.476 bits per heavy atom. The standard InChI is InChI=1S/C20H42O/c1-17(2,3)13-11-15-19(7,8)21-20(9,10)16-12-14-18(4,5)6/h11-16H2,1-10H3. The molecule has 1 heteroatoms. The van der Waals surface area contributed by atoms with Crippen LogP contribution in [0.3, 0.4) is 0 Å². The van der Waals surface area contributed by atoms with Gasteiger partial charge in [0.05, 0.1) is 11.2 Å². The summed E-state index contributed by atoms with van der Waals surface area (Å²) in [6.07, 6.45) is 7.32. The van der Waals surface area contributed by atoms with Crippen LogP contribution in [0.25, 0.3) is 0 Å². The van der Waals surface area contributed by atoms with Gasteiger partial charge in [-0.05, 0) is 64.2 Å². The van der Waals surface area contributed by atoms with Crippen molar-refractivity contribution in [1.82, 2.24) is 0 Å². The summed E-state index contributed by atoms with van der Waals surface area (Å²) in [5.41, 5.74) is 0.823. The van der Waals surface area contributed by atoms with E-state index in [2.05, 4.69) is 69.2 Å². The molecule has 0 fully saturated rings. The molecule has 0 aliphatic carbocycles. The van der Waals surface area contributed by atoms with Gasteiger partial charge in [-0.1, -0.05) is 54.4 Å². The van der Waals surface area contributed by atoms with Gasteiger partial charge in [-0.15, -0.1) is 0 Å². The average Bonchev–Trinajstić information content (AvgIpc) is 2.09. The maximum atomic E-state index is 6.45. The lowest BCUT2D eigenvalue weighted by atomic mass is 9.86. The molecule has 0 saturated carbocycles. The zero-order chi connectivity index (χ0) is 16.9. The van der Waals surface area contributed by atoms with Gasteiger partial charge in [0.1, 0.15) is 0 Å². The molecule has 1 nitrogen and oxygen atoms in total. The van der Waals surface area contributed by atoms with E-state index in [0.717, 1.165) is 12.8 Å². The predicted octanol–water partition coefficient (Wildman–Crippen LogP) is 6.99. The largest absolute Gasteiger partial charge is 0.370 e. The van der Waals surface area contributed by atoms with Crippen molar-refractivity contribution in [3.63, 3.8) is 0 Å². The Kier molecular flexibility index (Phi) is 7.47. The van der Waals surface area contributed by atoms with Gasteiger partial charge in [0.25, 0.3) is 0 Å². The van der Waals surface area contributed by atoms with Crippen LogP contribution in [0, 0.1) is 10.8 Å². The van der Waals surface area contributed by atoms with Crippen molar-refractivity contribution >= 4 is 0 Å². The fourth-order valence-corrected chi connectivity index (χ4v) is 2.94. The molecule has 0 spiro atoms. The normalized spacial score (nSPS) is 14.6. The highest BCUT2D eigenvalue weighted by Gasteiger charge is 2.29. The molecule has 0 unspecified atom stereocenters. The van der Waals surface area contributed by atoms with Crippen molar-refractivity contribution < 1.29 is 4.74 Å². The minimum Gasteiger partial charge on any atom is -0.370 e. The zero-order valence-electron chi connectivity index (χ0n) is 16.7. The van der Waals surface area contributed by atoms with E-state index in [9.17, 15) is 0 Å². The molecule has 21 heavy (non-hydrogen) atoms. The van der Waals surface area contributed by atoms with E-state index in [4.69, 9.17) is 4.74 Å². The summed E-state index contributed by atoms with van der Waals surface area (Å²) in [7, 11) is 0. The summed E-state index contributed by atoms with van der Waals surface area (Å²) in [6.45, 7) is 22.9. The summed E-state index contributed by atoms with van der Waals surface area (Å²) >= 11 is 0. The molecule has 0 saturated heterocycles. The Bertz CT molecular complexity index is 256. The zero-order valence-corrected chi connectivity index (χ0v) is 16.7. The van der Waals surface area contributed by atoms with Gasteiger partial charge in [-0.2, -0.15) is 0 Å². The van der Waals surface area contributed by atoms with Gasteiger partial charge in [-0.25, -0.2) is 0 Å². The lowest BCUT2D eigenvalue weighted by Crippen LogP contribution is -2.37. The summed E-state index contributed by atoms with van der Waals surface area (Å²) in [6, 6.07) is 0. The van der Waals surface area contributed by atoms with Crippen LogP contribution < -0.4 is 0 Å². The van der Waals surface area contributed by atoms with Gasteiger partial charge in [0, 0.05) is 0 Å². The van der Waals surface area contributed by atoms with Crippen LogP contribution >= 0.6 is 0 Å². The van der Waals surface area contributed by atoms with Crippen LogP contribution in [-0.4, -0.2) is 11.2 Å². The molecule has 128 valence electrons. The predicted molar refractivity (Wildman–Crippen MR) is 95.9 cm³/mol. The maximum Gasteiger partial charge on any atom is 0.0633 e. The molecule has 0 amide bonds. The third-order valence-electron chi connectivity index (χ3n) is 3.96. The highest BCUT2D eigenvalue weighted by atomic mass is 16.5. The molecule has 0 aliphatic heterocycles.